The van der Waals surface area contributed by atoms with Gasteiger partial charge in [0.05, 0.1) is 11.3 Å². The fourth-order valence-corrected chi connectivity index (χ4v) is 1.71. The quantitative estimate of drug-likeness (QED) is 0.646. The van der Waals surface area contributed by atoms with Crippen LogP contribution in [-0.4, -0.2) is 27.3 Å². The maximum Gasteiger partial charge on any atom is 0.305 e. The van der Waals surface area contributed by atoms with Crippen molar-refractivity contribution >= 4 is 11.6 Å². The molecule has 0 bridgehead atoms. The topological polar surface area (TPSA) is 101 Å². The number of hydrogen-bond acceptors (Lipinski definition) is 4. The van der Waals surface area contributed by atoms with E-state index < -0.39 is 33.7 Å². The maximum absolute atomic E-state index is 13.8. The Morgan fingerprint density at radius 2 is 2.19 bits per heavy atom. The molecule has 0 fully saturated rings. The molecule has 1 aromatic heterocycles. The summed E-state index contributed by atoms with van der Waals surface area (Å²) in [6.07, 6.45) is 3.38. The first-order chi connectivity index (χ1) is 10.0. The summed E-state index contributed by atoms with van der Waals surface area (Å²) in [5, 5.41) is 12.9. The highest BCUT2D eigenvalue weighted by Crippen LogP contribution is 2.22. The third-order valence-electron chi connectivity index (χ3n) is 2.73. The van der Waals surface area contributed by atoms with E-state index in [1.165, 1.54) is 6.33 Å². The number of rotatable bonds is 5. The predicted octanol–water partition coefficient (Wildman–Crippen LogP) is 1.57. The van der Waals surface area contributed by atoms with E-state index in [0.717, 1.165) is 5.69 Å². The summed E-state index contributed by atoms with van der Waals surface area (Å²) < 4.78 is 27.3. The van der Waals surface area contributed by atoms with Crippen LogP contribution in [0, 0.1) is 21.7 Å². The summed E-state index contributed by atoms with van der Waals surface area (Å²) in [6, 6.07) is 1.36. The highest BCUT2D eigenvalue weighted by Gasteiger charge is 2.25. The SMILES string of the molecule is O=C(NCCc1cnc[nH]1)c1c(F)ccc([N+](=O)[O-])c1F. The number of nitro benzene ring substituents is 1. The molecule has 7 nitrogen and oxygen atoms in total. The minimum Gasteiger partial charge on any atom is -0.351 e. The summed E-state index contributed by atoms with van der Waals surface area (Å²) in [5.41, 5.74) is -1.18. The molecule has 1 amide bonds. The van der Waals surface area contributed by atoms with Crippen molar-refractivity contribution in [2.24, 2.45) is 0 Å². The number of hydrogen-bond donors (Lipinski definition) is 2. The van der Waals surface area contributed by atoms with Crippen LogP contribution in [0.5, 0.6) is 0 Å². The van der Waals surface area contributed by atoms with Crippen molar-refractivity contribution in [1.82, 2.24) is 15.3 Å². The highest BCUT2D eigenvalue weighted by atomic mass is 19.1. The third-order valence-corrected chi connectivity index (χ3v) is 2.73. The van der Waals surface area contributed by atoms with Gasteiger partial charge in [0, 0.05) is 30.9 Å². The molecule has 2 aromatic rings. The fourth-order valence-electron chi connectivity index (χ4n) is 1.71. The molecule has 0 aliphatic carbocycles. The molecule has 0 aliphatic heterocycles. The van der Waals surface area contributed by atoms with Crippen molar-refractivity contribution in [2.75, 3.05) is 6.54 Å². The molecule has 0 aliphatic rings. The molecular weight excluding hydrogens is 286 g/mol. The van der Waals surface area contributed by atoms with Crippen molar-refractivity contribution < 1.29 is 18.5 Å². The average Bonchev–Trinajstić information content (AvgIpc) is 2.91. The Kier molecular flexibility index (Phi) is 4.21. The lowest BCUT2D eigenvalue weighted by molar-refractivity contribution is -0.387. The normalized spacial score (nSPS) is 10.4. The van der Waals surface area contributed by atoms with Gasteiger partial charge < -0.3 is 10.3 Å². The molecule has 21 heavy (non-hydrogen) atoms. The van der Waals surface area contributed by atoms with Crippen LogP contribution in [0.2, 0.25) is 0 Å². The van der Waals surface area contributed by atoms with Gasteiger partial charge in [-0.1, -0.05) is 0 Å². The molecule has 2 N–H and O–H groups in total. The Labute approximate surface area is 117 Å². The van der Waals surface area contributed by atoms with Gasteiger partial charge in [0.1, 0.15) is 11.4 Å². The molecule has 110 valence electrons. The van der Waals surface area contributed by atoms with Gasteiger partial charge in [-0.3, -0.25) is 14.9 Å². The maximum atomic E-state index is 13.8. The fraction of sp³-hybridized carbons (Fsp3) is 0.167. The van der Waals surface area contributed by atoms with Gasteiger partial charge in [0.25, 0.3) is 5.91 Å². The number of nitrogens with one attached hydrogen (secondary N) is 2. The summed E-state index contributed by atoms with van der Waals surface area (Å²) in [4.78, 5) is 27.9. The van der Waals surface area contributed by atoms with Gasteiger partial charge in [0.2, 0.25) is 5.82 Å². The molecule has 1 aromatic carbocycles. The summed E-state index contributed by atoms with van der Waals surface area (Å²) in [7, 11) is 0. The smallest absolute Gasteiger partial charge is 0.305 e. The second-order valence-electron chi connectivity index (χ2n) is 4.10. The molecule has 0 radical (unpaired) electrons. The Morgan fingerprint density at radius 3 is 2.81 bits per heavy atom. The van der Waals surface area contributed by atoms with Crippen LogP contribution in [0.3, 0.4) is 0 Å². The number of aromatic amines is 1. The average molecular weight is 296 g/mol. The standard InChI is InChI=1S/C12H10F2N4O3/c13-8-1-2-9(18(20)21)11(14)10(8)12(19)16-4-3-7-5-15-6-17-7/h1-2,5-6H,3-4H2,(H,15,17)(H,16,19). The van der Waals surface area contributed by atoms with Crippen LogP contribution in [0.4, 0.5) is 14.5 Å². The molecule has 2 rings (SSSR count). The van der Waals surface area contributed by atoms with Gasteiger partial charge in [0.15, 0.2) is 0 Å². The lowest BCUT2D eigenvalue weighted by Gasteiger charge is -2.06. The zero-order valence-electron chi connectivity index (χ0n) is 10.6. The Morgan fingerprint density at radius 1 is 1.43 bits per heavy atom. The number of aromatic nitrogens is 2. The molecule has 0 saturated carbocycles. The van der Waals surface area contributed by atoms with E-state index in [2.05, 4.69) is 15.3 Å². The van der Waals surface area contributed by atoms with Gasteiger partial charge in [-0.25, -0.2) is 9.37 Å². The van der Waals surface area contributed by atoms with E-state index >= 15 is 0 Å². The Bertz CT molecular complexity index is 673. The van der Waals surface area contributed by atoms with Gasteiger partial charge >= 0.3 is 5.69 Å². The van der Waals surface area contributed by atoms with Crippen molar-refractivity contribution in [1.29, 1.82) is 0 Å². The number of amides is 1. The number of carbonyl (C=O) groups excluding carboxylic acids is 1. The number of imidazole rings is 1. The molecular formula is C12H10F2N4O3. The molecule has 0 unspecified atom stereocenters. The summed E-state index contributed by atoms with van der Waals surface area (Å²) >= 11 is 0. The van der Waals surface area contributed by atoms with Gasteiger partial charge in [-0.2, -0.15) is 4.39 Å². The number of benzene rings is 1. The van der Waals surface area contributed by atoms with E-state index in [4.69, 9.17) is 0 Å². The third kappa shape index (κ3) is 3.19. The lowest BCUT2D eigenvalue weighted by atomic mass is 10.1. The first-order valence-corrected chi connectivity index (χ1v) is 5.88. The number of carbonyl (C=O) groups is 1. The van der Waals surface area contributed by atoms with Crippen molar-refractivity contribution in [3.63, 3.8) is 0 Å². The summed E-state index contributed by atoms with van der Waals surface area (Å²) in [6.45, 7) is 0.0998. The van der Waals surface area contributed by atoms with Gasteiger partial charge in [-0.15, -0.1) is 0 Å². The number of H-pyrrole nitrogens is 1. The van der Waals surface area contributed by atoms with Crippen molar-refractivity contribution in [3.8, 4) is 0 Å². The second-order valence-corrected chi connectivity index (χ2v) is 4.10. The Balaban J connectivity index is 2.11. The molecule has 0 spiro atoms. The zero-order valence-corrected chi connectivity index (χ0v) is 10.6. The van der Waals surface area contributed by atoms with E-state index in [1.54, 1.807) is 6.20 Å². The monoisotopic (exact) mass is 296 g/mol. The van der Waals surface area contributed by atoms with E-state index in [-0.39, 0.29) is 6.54 Å². The van der Waals surface area contributed by atoms with Crippen LogP contribution in [0.15, 0.2) is 24.7 Å². The number of nitro groups is 1. The van der Waals surface area contributed by atoms with E-state index in [1.807, 2.05) is 0 Å². The van der Waals surface area contributed by atoms with Crippen LogP contribution in [0.25, 0.3) is 0 Å². The van der Waals surface area contributed by atoms with E-state index in [0.29, 0.717) is 18.6 Å². The first kappa shape index (κ1) is 14.6. The first-order valence-electron chi connectivity index (χ1n) is 5.88. The highest BCUT2D eigenvalue weighted by molar-refractivity contribution is 5.95. The lowest BCUT2D eigenvalue weighted by Crippen LogP contribution is -2.28. The minimum atomic E-state index is -1.49. The van der Waals surface area contributed by atoms with Crippen molar-refractivity contribution in [2.45, 2.75) is 6.42 Å². The van der Waals surface area contributed by atoms with Crippen LogP contribution >= 0.6 is 0 Å². The van der Waals surface area contributed by atoms with Crippen LogP contribution in [-0.2, 0) is 6.42 Å². The molecule has 9 heteroatoms. The summed E-state index contributed by atoms with van der Waals surface area (Å²) in [5.74, 6) is -3.69. The second kappa shape index (κ2) is 6.07. The number of halogens is 2. The minimum absolute atomic E-state index is 0.0998. The Hall–Kier alpha value is -2.84. The number of nitrogens with zero attached hydrogens (tertiary/aromatic N) is 2. The zero-order chi connectivity index (χ0) is 15.4. The van der Waals surface area contributed by atoms with Crippen molar-refractivity contribution in [3.05, 3.63) is 57.7 Å². The molecule has 0 atom stereocenters. The van der Waals surface area contributed by atoms with E-state index in [9.17, 15) is 23.7 Å². The largest absolute Gasteiger partial charge is 0.351 e. The van der Waals surface area contributed by atoms with Gasteiger partial charge in [-0.05, 0) is 6.07 Å². The molecule has 1 heterocycles. The molecule has 0 saturated heterocycles. The van der Waals surface area contributed by atoms with Crippen LogP contribution < -0.4 is 5.32 Å². The predicted molar refractivity (Wildman–Crippen MR) is 67.6 cm³/mol. The van der Waals surface area contributed by atoms with Crippen LogP contribution in [0.1, 0.15) is 16.1 Å².